The number of hydrogen-bond acceptors (Lipinski definition) is 3. The van der Waals surface area contributed by atoms with Crippen LogP contribution in [0.1, 0.15) is 18.9 Å². The van der Waals surface area contributed by atoms with E-state index in [-0.39, 0.29) is 0 Å². The number of piperidine rings is 1. The standard InChI is InChI=1S/C15H23ClN2O/c1-11-6-7-18(10-15(11)19-3)14-5-4-13(16)8-12(14)9-17-2/h4-5,8,11,15,17H,6-7,9-10H2,1-3H3. The highest BCUT2D eigenvalue weighted by Crippen LogP contribution is 2.29. The SMILES string of the molecule is CNCc1cc(Cl)ccc1N1CCC(C)C(OC)C1. The maximum atomic E-state index is 6.10. The van der Waals surface area contributed by atoms with Gasteiger partial charge in [-0.1, -0.05) is 18.5 Å². The fraction of sp³-hybridized carbons (Fsp3) is 0.600. The highest BCUT2D eigenvalue weighted by atomic mass is 35.5. The zero-order valence-electron chi connectivity index (χ0n) is 11.9. The summed E-state index contributed by atoms with van der Waals surface area (Å²) in [6.07, 6.45) is 1.48. The van der Waals surface area contributed by atoms with Gasteiger partial charge in [0.25, 0.3) is 0 Å². The number of ether oxygens (including phenoxy) is 1. The van der Waals surface area contributed by atoms with E-state index in [1.165, 1.54) is 17.7 Å². The lowest BCUT2D eigenvalue weighted by Gasteiger charge is -2.38. The lowest BCUT2D eigenvalue weighted by Crippen LogP contribution is -2.44. The van der Waals surface area contributed by atoms with E-state index in [2.05, 4.69) is 23.2 Å². The molecule has 3 nitrogen and oxygen atoms in total. The molecule has 106 valence electrons. The molecule has 0 amide bonds. The molecule has 1 aromatic rings. The highest BCUT2D eigenvalue weighted by molar-refractivity contribution is 6.30. The minimum atomic E-state index is 0.312. The van der Waals surface area contributed by atoms with E-state index in [0.717, 1.165) is 24.7 Å². The zero-order valence-corrected chi connectivity index (χ0v) is 12.7. The van der Waals surface area contributed by atoms with Crippen LogP contribution >= 0.6 is 11.6 Å². The van der Waals surface area contributed by atoms with Gasteiger partial charge >= 0.3 is 0 Å². The van der Waals surface area contributed by atoms with Crippen LogP contribution in [0.25, 0.3) is 0 Å². The number of methoxy groups -OCH3 is 1. The summed E-state index contributed by atoms with van der Waals surface area (Å²) in [5.74, 6) is 0.626. The molecule has 0 spiro atoms. The Labute approximate surface area is 120 Å². The Balaban J connectivity index is 2.21. The van der Waals surface area contributed by atoms with Gasteiger partial charge in [0.2, 0.25) is 0 Å². The maximum Gasteiger partial charge on any atom is 0.0772 e. The smallest absolute Gasteiger partial charge is 0.0772 e. The van der Waals surface area contributed by atoms with E-state index in [1.807, 2.05) is 19.2 Å². The average Bonchev–Trinajstić information content (AvgIpc) is 2.40. The molecular weight excluding hydrogens is 260 g/mol. The first-order valence-electron chi connectivity index (χ1n) is 6.86. The molecule has 2 rings (SSSR count). The van der Waals surface area contributed by atoms with Crippen molar-refractivity contribution in [2.24, 2.45) is 5.92 Å². The van der Waals surface area contributed by atoms with Crippen molar-refractivity contribution in [1.29, 1.82) is 0 Å². The van der Waals surface area contributed by atoms with Gasteiger partial charge < -0.3 is 15.0 Å². The predicted molar refractivity (Wildman–Crippen MR) is 81.0 cm³/mol. The van der Waals surface area contributed by atoms with Gasteiger partial charge in [0.15, 0.2) is 0 Å². The molecule has 2 unspecified atom stereocenters. The first kappa shape index (κ1) is 14.6. The van der Waals surface area contributed by atoms with Gasteiger partial charge in [-0.15, -0.1) is 0 Å². The monoisotopic (exact) mass is 282 g/mol. The van der Waals surface area contributed by atoms with Gasteiger partial charge in [-0.3, -0.25) is 0 Å². The van der Waals surface area contributed by atoms with Crippen molar-refractivity contribution in [2.75, 3.05) is 32.1 Å². The van der Waals surface area contributed by atoms with E-state index < -0.39 is 0 Å². The second kappa shape index (κ2) is 6.60. The number of halogens is 1. The number of benzene rings is 1. The molecule has 1 saturated heterocycles. The molecule has 0 radical (unpaired) electrons. The van der Waals surface area contributed by atoms with Crippen LogP contribution in [0.5, 0.6) is 0 Å². The van der Waals surface area contributed by atoms with Gasteiger partial charge in [-0.2, -0.15) is 0 Å². The first-order chi connectivity index (χ1) is 9.15. The Morgan fingerprint density at radius 2 is 2.26 bits per heavy atom. The summed E-state index contributed by atoms with van der Waals surface area (Å²) in [6.45, 7) is 5.14. The van der Waals surface area contributed by atoms with Crippen molar-refractivity contribution in [1.82, 2.24) is 5.32 Å². The van der Waals surface area contributed by atoms with Crippen LogP contribution in [0.2, 0.25) is 5.02 Å². The first-order valence-corrected chi connectivity index (χ1v) is 7.24. The third kappa shape index (κ3) is 3.41. The summed E-state index contributed by atoms with van der Waals surface area (Å²) in [5, 5.41) is 4.00. The number of rotatable bonds is 4. The third-order valence-electron chi connectivity index (χ3n) is 3.94. The van der Waals surface area contributed by atoms with E-state index in [1.54, 1.807) is 7.11 Å². The zero-order chi connectivity index (χ0) is 13.8. The molecule has 0 saturated carbocycles. The molecule has 0 aliphatic carbocycles. The van der Waals surface area contributed by atoms with Crippen LogP contribution in [-0.4, -0.2) is 33.4 Å². The summed E-state index contributed by atoms with van der Waals surface area (Å²) in [4.78, 5) is 2.41. The van der Waals surface area contributed by atoms with Crippen LogP contribution in [0.3, 0.4) is 0 Å². The Morgan fingerprint density at radius 3 is 2.95 bits per heavy atom. The number of nitrogens with zero attached hydrogens (tertiary/aromatic N) is 1. The van der Waals surface area contributed by atoms with Gasteiger partial charge in [0.05, 0.1) is 6.10 Å². The Hall–Kier alpha value is -0.770. The summed E-state index contributed by atoms with van der Waals surface area (Å²) in [5.41, 5.74) is 2.52. The molecule has 1 fully saturated rings. The Kier molecular flexibility index (Phi) is 5.08. The quantitative estimate of drug-likeness (QED) is 0.919. The van der Waals surface area contributed by atoms with Gasteiger partial charge in [0, 0.05) is 37.5 Å². The lowest BCUT2D eigenvalue weighted by atomic mass is 9.95. The van der Waals surface area contributed by atoms with E-state index in [4.69, 9.17) is 16.3 Å². The molecule has 1 aliphatic heterocycles. The molecular formula is C15H23ClN2O. The molecule has 1 N–H and O–H groups in total. The molecule has 1 aliphatic rings. The normalized spacial score (nSPS) is 23.7. The largest absolute Gasteiger partial charge is 0.379 e. The molecule has 0 bridgehead atoms. The average molecular weight is 283 g/mol. The Morgan fingerprint density at radius 1 is 1.47 bits per heavy atom. The van der Waals surface area contributed by atoms with Crippen molar-refractivity contribution in [3.63, 3.8) is 0 Å². The molecule has 0 aromatic heterocycles. The van der Waals surface area contributed by atoms with Crippen molar-refractivity contribution >= 4 is 17.3 Å². The van der Waals surface area contributed by atoms with Crippen molar-refractivity contribution in [2.45, 2.75) is 26.0 Å². The summed E-state index contributed by atoms with van der Waals surface area (Å²) in [6, 6.07) is 6.14. The molecule has 19 heavy (non-hydrogen) atoms. The fourth-order valence-electron chi connectivity index (χ4n) is 2.75. The minimum Gasteiger partial charge on any atom is -0.379 e. The summed E-state index contributed by atoms with van der Waals surface area (Å²) >= 11 is 6.10. The molecule has 2 atom stereocenters. The summed E-state index contributed by atoms with van der Waals surface area (Å²) in [7, 11) is 3.77. The van der Waals surface area contributed by atoms with Crippen molar-refractivity contribution in [3.8, 4) is 0 Å². The van der Waals surface area contributed by atoms with E-state index in [0.29, 0.717) is 12.0 Å². The topological polar surface area (TPSA) is 24.5 Å². The second-order valence-electron chi connectivity index (χ2n) is 5.29. The second-order valence-corrected chi connectivity index (χ2v) is 5.73. The summed E-state index contributed by atoms with van der Waals surface area (Å²) < 4.78 is 5.60. The van der Waals surface area contributed by atoms with Crippen molar-refractivity contribution < 1.29 is 4.74 Å². The van der Waals surface area contributed by atoms with Crippen molar-refractivity contribution in [3.05, 3.63) is 28.8 Å². The molecule has 1 aromatic carbocycles. The number of nitrogens with one attached hydrogen (secondary N) is 1. The molecule has 4 heteroatoms. The maximum absolute atomic E-state index is 6.10. The van der Waals surface area contributed by atoms with Gasteiger partial charge in [0.1, 0.15) is 0 Å². The number of anilines is 1. The van der Waals surface area contributed by atoms with Crippen LogP contribution < -0.4 is 10.2 Å². The van der Waals surface area contributed by atoms with Gasteiger partial charge in [-0.05, 0) is 43.1 Å². The Bertz CT molecular complexity index is 425. The third-order valence-corrected chi connectivity index (χ3v) is 4.18. The minimum absolute atomic E-state index is 0.312. The van der Waals surface area contributed by atoms with Crippen LogP contribution in [0.4, 0.5) is 5.69 Å². The van der Waals surface area contributed by atoms with E-state index >= 15 is 0 Å². The van der Waals surface area contributed by atoms with E-state index in [9.17, 15) is 0 Å². The number of hydrogen-bond donors (Lipinski definition) is 1. The van der Waals surface area contributed by atoms with Crippen LogP contribution in [0, 0.1) is 5.92 Å². The predicted octanol–water partition coefficient (Wildman–Crippen LogP) is 2.92. The highest BCUT2D eigenvalue weighted by Gasteiger charge is 2.27. The van der Waals surface area contributed by atoms with Gasteiger partial charge in [-0.25, -0.2) is 0 Å². The van der Waals surface area contributed by atoms with Crippen LogP contribution in [0.15, 0.2) is 18.2 Å². The molecule has 1 heterocycles. The van der Waals surface area contributed by atoms with Crippen LogP contribution in [-0.2, 0) is 11.3 Å². The lowest BCUT2D eigenvalue weighted by molar-refractivity contribution is 0.0498. The fourth-order valence-corrected chi connectivity index (χ4v) is 2.95.